The van der Waals surface area contributed by atoms with Crippen molar-refractivity contribution in [2.24, 2.45) is 4.99 Å². The molecule has 1 aliphatic carbocycles. The summed E-state index contributed by atoms with van der Waals surface area (Å²) in [5, 5.41) is 16.7. The summed E-state index contributed by atoms with van der Waals surface area (Å²) in [7, 11) is 0. The highest BCUT2D eigenvalue weighted by Gasteiger charge is 2.10. The lowest BCUT2D eigenvalue weighted by molar-refractivity contribution is -0.0498. The largest absolute Gasteiger partial charge is 0.435 e. The van der Waals surface area contributed by atoms with Crippen LogP contribution in [0.2, 0.25) is 0 Å². The molecule has 7 heteroatoms. The fourth-order valence-electron chi connectivity index (χ4n) is 2.80. The molecule has 0 spiro atoms. The lowest BCUT2D eigenvalue weighted by Crippen LogP contribution is -2.38. The Morgan fingerprint density at radius 2 is 2.04 bits per heavy atom. The molecule has 144 valence electrons. The third kappa shape index (κ3) is 7.00. The molecule has 0 saturated carbocycles. The molecule has 26 heavy (non-hydrogen) atoms. The van der Waals surface area contributed by atoms with Gasteiger partial charge in [-0.2, -0.15) is 8.78 Å². The van der Waals surface area contributed by atoms with E-state index in [1.165, 1.54) is 37.0 Å². The van der Waals surface area contributed by atoms with Gasteiger partial charge in [0, 0.05) is 13.1 Å². The van der Waals surface area contributed by atoms with Crippen LogP contribution in [0, 0.1) is 0 Å². The van der Waals surface area contributed by atoms with Crippen molar-refractivity contribution in [1.82, 2.24) is 10.6 Å². The number of nitrogens with one attached hydrogen (secondary N) is 2. The van der Waals surface area contributed by atoms with Crippen LogP contribution in [-0.4, -0.2) is 37.3 Å². The predicted molar refractivity (Wildman–Crippen MR) is 98.6 cm³/mol. The van der Waals surface area contributed by atoms with Gasteiger partial charge in [0.1, 0.15) is 5.75 Å². The van der Waals surface area contributed by atoms with Crippen molar-refractivity contribution in [2.45, 2.75) is 45.3 Å². The van der Waals surface area contributed by atoms with Crippen molar-refractivity contribution in [1.29, 1.82) is 0 Å². The van der Waals surface area contributed by atoms with Crippen LogP contribution in [0.5, 0.6) is 5.75 Å². The fourth-order valence-corrected chi connectivity index (χ4v) is 2.80. The number of guanidine groups is 1. The van der Waals surface area contributed by atoms with Gasteiger partial charge in [0.25, 0.3) is 0 Å². The molecule has 0 aromatic heterocycles. The van der Waals surface area contributed by atoms with Crippen molar-refractivity contribution >= 4 is 5.96 Å². The summed E-state index contributed by atoms with van der Waals surface area (Å²) in [5.74, 6) is 0.721. The van der Waals surface area contributed by atoms with Gasteiger partial charge in [-0.1, -0.05) is 23.8 Å². The summed E-state index contributed by atoms with van der Waals surface area (Å²) in [4.78, 5) is 4.40. The Balaban J connectivity index is 1.84. The lowest BCUT2D eigenvalue weighted by atomic mass is 10.1. The molecule has 1 atom stereocenters. The van der Waals surface area contributed by atoms with Gasteiger partial charge in [-0.15, -0.1) is 0 Å². The molecule has 0 aliphatic heterocycles. The summed E-state index contributed by atoms with van der Waals surface area (Å²) in [6.45, 7) is 0.823. The minimum atomic E-state index is -2.86. The Bertz CT molecular complexity index is 603. The number of alkyl halides is 2. The number of aliphatic imine (C=N–C) groups is 1. The van der Waals surface area contributed by atoms with Crippen LogP contribution in [0.25, 0.3) is 0 Å². The van der Waals surface area contributed by atoms with Crippen LogP contribution in [0.1, 0.15) is 44.3 Å². The van der Waals surface area contributed by atoms with Gasteiger partial charge in [-0.3, -0.25) is 4.99 Å². The van der Waals surface area contributed by atoms with E-state index in [0.717, 1.165) is 19.5 Å². The van der Waals surface area contributed by atoms with Crippen LogP contribution in [0.15, 0.2) is 40.9 Å². The number of halogens is 2. The summed E-state index contributed by atoms with van der Waals surface area (Å²) >= 11 is 0. The second-order valence-electron chi connectivity index (χ2n) is 6.11. The molecule has 1 aromatic rings. The zero-order chi connectivity index (χ0) is 18.8. The average molecular weight is 367 g/mol. The van der Waals surface area contributed by atoms with E-state index in [-0.39, 0.29) is 12.3 Å². The van der Waals surface area contributed by atoms with Gasteiger partial charge < -0.3 is 20.5 Å². The number of hydrogen-bond donors (Lipinski definition) is 3. The Kier molecular flexibility index (Phi) is 8.34. The van der Waals surface area contributed by atoms with Gasteiger partial charge in [-0.25, -0.2) is 0 Å². The highest BCUT2D eigenvalue weighted by atomic mass is 19.3. The Morgan fingerprint density at radius 3 is 2.65 bits per heavy atom. The van der Waals surface area contributed by atoms with Crippen LogP contribution in [-0.2, 0) is 0 Å². The number of aliphatic hydroxyl groups excluding tert-OH is 1. The van der Waals surface area contributed by atoms with Crippen molar-refractivity contribution in [2.75, 3.05) is 19.6 Å². The number of allylic oxidation sites excluding steroid dienone is 1. The molecular formula is C19H27F2N3O2. The zero-order valence-electron chi connectivity index (χ0n) is 15.0. The first-order valence-corrected chi connectivity index (χ1v) is 9.01. The molecule has 5 nitrogen and oxygen atoms in total. The van der Waals surface area contributed by atoms with E-state index in [9.17, 15) is 13.9 Å². The first-order chi connectivity index (χ1) is 12.6. The highest BCUT2D eigenvalue weighted by Crippen LogP contribution is 2.20. The van der Waals surface area contributed by atoms with Crippen LogP contribution < -0.4 is 15.4 Å². The summed E-state index contributed by atoms with van der Waals surface area (Å²) in [6, 6.07) is 5.94. The van der Waals surface area contributed by atoms with E-state index in [0.29, 0.717) is 11.5 Å². The standard InChI is InChI=1S/C19H27F2N3O2/c1-2-22-19(23-12-11-14-5-3-4-6-14)24-13-17(25)15-7-9-16(10-8-15)26-18(20)21/h5,7-10,17-18,25H,2-4,6,11-13H2,1H3,(H2,22,23,24). The van der Waals surface area contributed by atoms with E-state index in [2.05, 4.69) is 26.4 Å². The maximum atomic E-state index is 12.2. The zero-order valence-corrected chi connectivity index (χ0v) is 15.0. The van der Waals surface area contributed by atoms with E-state index in [1.807, 2.05) is 6.92 Å². The second kappa shape index (κ2) is 10.8. The van der Waals surface area contributed by atoms with Gasteiger partial charge in [0.2, 0.25) is 0 Å². The predicted octanol–water partition coefficient (Wildman–Crippen LogP) is 3.38. The van der Waals surface area contributed by atoms with E-state index < -0.39 is 12.7 Å². The Hall–Kier alpha value is -2.15. The third-order valence-electron chi connectivity index (χ3n) is 4.13. The average Bonchev–Trinajstić information content (AvgIpc) is 3.13. The van der Waals surface area contributed by atoms with Crippen molar-refractivity contribution in [3.63, 3.8) is 0 Å². The maximum Gasteiger partial charge on any atom is 0.387 e. The lowest BCUT2D eigenvalue weighted by Gasteiger charge is -2.14. The van der Waals surface area contributed by atoms with Crippen molar-refractivity contribution < 1.29 is 18.6 Å². The van der Waals surface area contributed by atoms with Crippen molar-refractivity contribution in [3.05, 3.63) is 41.5 Å². The number of benzene rings is 1. The van der Waals surface area contributed by atoms with Gasteiger partial charge in [-0.05, 0) is 50.3 Å². The second-order valence-corrected chi connectivity index (χ2v) is 6.11. The molecule has 1 aliphatic rings. The van der Waals surface area contributed by atoms with E-state index in [4.69, 9.17) is 0 Å². The molecule has 1 aromatic carbocycles. The van der Waals surface area contributed by atoms with Gasteiger partial charge >= 0.3 is 6.61 Å². The molecule has 3 N–H and O–H groups in total. The molecule has 1 unspecified atom stereocenters. The first-order valence-electron chi connectivity index (χ1n) is 9.01. The molecule has 2 rings (SSSR count). The fraction of sp³-hybridized carbons (Fsp3) is 0.526. The third-order valence-corrected chi connectivity index (χ3v) is 4.13. The van der Waals surface area contributed by atoms with E-state index in [1.54, 1.807) is 12.1 Å². The summed E-state index contributed by atoms with van der Waals surface area (Å²) in [6.07, 6.45) is 6.09. The SMILES string of the molecule is CCNC(=NCC(O)c1ccc(OC(F)F)cc1)NCCC1=CCCC1. The Labute approximate surface area is 153 Å². The topological polar surface area (TPSA) is 65.9 Å². The van der Waals surface area contributed by atoms with Gasteiger partial charge in [0.05, 0.1) is 12.6 Å². The molecule has 0 fully saturated rings. The van der Waals surface area contributed by atoms with Gasteiger partial charge in [0.15, 0.2) is 5.96 Å². The maximum absolute atomic E-state index is 12.2. The quantitative estimate of drug-likeness (QED) is 0.356. The molecule has 0 bridgehead atoms. The number of nitrogens with zero attached hydrogens (tertiary/aromatic N) is 1. The number of hydrogen-bond acceptors (Lipinski definition) is 3. The molecule has 0 saturated heterocycles. The minimum Gasteiger partial charge on any atom is -0.435 e. The van der Waals surface area contributed by atoms with Crippen molar-refractivity contribution in [3.8, 4) is 5.75 Å². The van der Waals surface area contributed by atoms with Crippen LogP contribution in [0.3, 0.4) is 0 Å². The summed E-state index contributed by atoms with van der Waals surface area (Å²) < 4.78 is 28.6. The monoisotopic (exact) mass is 367 g/mol. The van der Waals surface area contributed by atoms with Crippen LogP contribution >= 0.6 is 0 Å². The minimum absolute atomic E-state index is 0.0654. The number of rotatable bonds is 9. The van der Waals surface area contributed by atoms with Crippen LogP contribution in [0.4, 0.5) is 8.78 Å². The molecule has 0 heterocycles. The normalized spacial score (nSPS) is 15.7. The number of ether oxygens (including phenoxy) is 1. The first kappa shape index (κ1) is 20.2. The Morgan fingerprint density at radius 1 is 1.27 bits per heavy atom. The smallest absolute Gasteiger partial charge is 0.387 e. The summed E-state index contributed by atoms with van der Waals surface area (Å²) in [5.41, 5.74) is 2.09. The molecular weight excluding hydrogens is 340 g/mol. The number of aliphatic hydroxyl groups is 1. The molecule has 0 radical (unpaired) electrons. The molecule has 0 amide bonds. The van der Waals surface area contributed by atoms with E-state index >= 15 is 0 Å². The highest BCUT2D eigenvalue weighted by molar-refractivity contribution is 5.79.